The van der Waals surface area contributed by atoms with Gasteiger partial charge in [-0.2, -0.15) is 0 Å². The highest BCUT2D eigenvalue weighted by Crippen LogP contribution is 2.59. The highest BCUT2D eigenvalue weighted by atomic mass is 35.5. The Morgan fingerprint density at radius 2 is 1.85 bits per heavy atom. The molecule has 0 aliphatic carbocycles. The molecule has 0 spiro atoms. The van der Waals surface area contributed by atoms with Gasteiger partial charge in [0, 0.05) is 22.2 Å². The molecule has 0 aromatic heterocycles. The van der Waals surface area contributed by atoms with Crippen molar-refractivity contribution in [2.75, 3.05) is 17.2 Å². The van der Waals surface area contributed by atoms with E-state index in [1.807, 2.05) is 53.2 Å². The van der Waals surface area contributed by atoms with Crippen LogP contribution in [-0.4, -0.2) is 12.5 Å². The summed E-state index contributed by atoms with van der Waals surface area (Å²) in [7, 11) is 0. The molecule has 0 fully saturated rings. The minimum absolute atomic E-state index is 0.339. The molecule has 1 aliphatic heterocycles. The summed E-state index contributed by atoms with van der Waals surface area (Å²) in [5, 5.41) is 3.00. The van der Waals surface area contributed by atoms with Gasteiger partial charge in [0.25, 0.3) is 0 Å². The van der Waals surface area contributed by atoms with Crippen LogP contribution in [-0.2, 0) is 22.9 Å². The van der Waals surface area contributed by atoms with Crippen molar-refractivity contribution >= 4 is 58.1 Å². The topological polar surface area (TPSA) is 21.7 Å². The summed E-state index contributed by atoms with van der Waals surface area (Å²) in [4.78, 5) is 0. The molecule has 26 heavy (non-hydrogen) atoms. The second-order valence-corrected chi connectivity index (χ2v) is 9.94. The number of anilines is 1. The molecule has 0 radical (unpaired) electrons. The fourth-order valence-electron chi connectivity index (χ4n) is 3.07. The zero-order valence-corrected chi connectivity index (χ0v) is 17.0. The van der Waals surface area contributed by atoms with Gasteiger partial charge in [0.2, 0.25) is 0 Å². The number of nitrogens with zero attached hydrogens (tertiary/aromatic N) is 1. The maximum Gasteiger partial charge on any atom is 0.342 e. The van der Waals surface area contributed by atoms with E-state index >= 15 is 0 Å². The molecule has 0 saturated carbocycles. The van der Waals surface area contributed by atoms with Crippen molar-refractivity contribution in [3.8, 4) is 5.75 Å². The van der Waals surface area contributed by atoms with Crippen molar-refractivity contribution in [3.63, 3.8) is 0 Å². The second-order valence-electron chi connectivity index (χ2n) is 5.88. The van der Waals surface area contributed by atoms with Crippen LogP contribution in [0.2, 0.25) is 5.02 Å². The molecule has 0 saturated heterocycles. The molecule has 3 nitrogen and oxygen atoms in total. The molecule has 3 aromatic rings. The van der Waals surface area contributed by atoms with Gasteiger partial charge in [-0.15, -0.1) is 11.6 Å². The Morgan fingerprint density at radius 3 is 2.62 bits per heavy atom. The van der Waals surface area contributed by atoms with Crippen LogP contribution < -0.4 is 9.19 Å². The normalized spacial score (nSPS) is 19.2. The summed E-state index contributed by atoms with van der Waals surface area (Å²) in [5.74, 6) is 1.15. The largest absolute Gasteiger partial charge is 0.428 e. The van der Waals surface area contributed by atoms with Crippen molar-refractivity contribution in [1.82, 2.24) is 0 Å². The van der Waals surface area contributed by atoms with E-state index < -0.39 is 6.64 Å². The average molecular weight is 424 g/mol. The van der Waals surface area contributed by atoms with Crippen LogP contribution in [0.25, 0.3) is 10.8 Å². The molecule has 0 bridgehead atoms. The number of fused-ring (bicyclic) bond motifs is 3. The van der Waals surface area contributed by atoms with E-state index in [4.69, 9.17) is 44.1 Å². The minimum Gasteiger partial charge on any atom is -0.428 e. The lowest BCUT2D eigenvalue weighted by Gasteiger charge is -2.40. The van der Waals surface area contributed by atoms with Gasteiger partial charge in [0.15, 0.2) is 0 Å². The first-order valence-electron chi connectivity index (χ1n) is 8.15. The first-order valence-corrected chi connectivity index (χ1v) is 11.7. The maximum atomic E-state index is 6.26. The zero-order valence-electron chi connectivity index (χ0n) is 13.8. The van der Waals surface area contributed by atoms with Crippen LogP contribution in [0.1, 0.15) is 5.56 Å². The zero-order chi connectivity index (χ0) is 18.1. The molecule has 0 amide bonds. The van der Waals surface area contributed by atoms with Crippen LogP contribution >= 0.6 is 29.8 Å². The smallest absolute Gasteiger partial charge is 0.342 e. The third kappa shape index (κ3) is 3.33. The summed E-state index contributed by atoms with van der Waals surface area (Å²) in [6.07, 6.45) is 0. The van der Waals surface area contributed by atoms with Gasteiger partial charge in [-0.25, -0.2) is 0 Å². The molecule has 1 heterocycles. The van der Waals surface area contributed by atoms with Gasteiger partial charge < -0.3 is 9.05 Å². The van der Waals surface area contributed by atoms with Gasteiger partial charge in [0.05, 0.1) is 13.2 Å². The molecular weight excluding hydrogens is 408 g/mol. The number of hydrogen-bond donors (Lipinski definition) is 0. The SMILES string of the molecule is S=P1(OCCCl)Oc2ccc3ccccc3c2CN1c1ccc(Cl)cc1. The van der Waals surface area contributed by atoms with Crippen LogP contribution in [0.4, 0.5) is 5.69 Å². The van der Waals surface area contributed by atoms with E-state index in [2.05, 4.69) is 12.1 Å². The highest BCUT2D eigenvalue weighted by molar-refractivity contribution is 8.10. The van der Waals surface area contributed by atoms with E-state index in [-0.39, 0.29) is 0 Å². The molecule has 1 unspecified atom stereocenters. The van der Waals surface area contributed by atoms with E-state index in [1.165, 1.54) is 5.39 Å². The fourth-order valence-corrected chi connectivity index (χ4v) is 6.06. The quantitative estimate of drug-likeness (QED) is 0.358. The monoisotopic (exact) mass is 423 g/mol. The van der Waals surface area contributed by atoms with Gasteiger partial charge in [-0.05, 0) is 52.9 Å². The molecule has 0 N–H and O–H groups in total. The predicted octanol–water partition coefficient (Wildman–Crippen LogP) is 6.37. The highest BCUT2D eigenvalue weighted by Gasteiger charge is 2.36. The minimum atomic E-state index is -2.75. The molecule has 1 atom stereocenters. The number of alkyl halides is 1. The van der Waals surface area contributed by atoms with Crippen molar-refractivity contribution < 1.29 is 9.05 Å². The molecule has 4 rings (SSSR count). The van der Waals surface area contributed by atoms with Crippen LogP contribution in [0.5, 0.6) is 5.75 Å². The number of rotatable bonds is 4. The van der Waals surface area contributed by atoms with Crippen molar-refractivity contribution in [1.29, 1.82) is 0 Å². The molecule has 134 valence electrons. The van der Waals surface area contributed by atoms with Gasteiger partial charge in [0.1, 0.15) is 5.75 Å². The summed E-state index contributed by atoms with van der Waals surface area (Å²) in [5.41, 5.74) is 2.03. The Bertz CT molecular complexity index is 997. The Kier molecular flexibility index (Phi) is 5.13. The van der Waals surface area contributed by atoms with E-state index in [1.54, 1.807) is 0 Å². The third-order valence-corrected chi connectivity index (χ3v) is 7.71. The summed E-state index contributed by atoms with van der Waals surface area (Å²) >= 11 is 17.7. The molecule has 3 aromatic carbocycles. The Balaban J connectivity index is 1.84. The van der Waals surface area contributed by atoms with Crippen LogP contribution in [0, 0.1) is 0 Å². The second kappa shape index (κ2) is 7.38. The summed E-state index contributed by atoms with van der Waals surface area (Å²) in [6, 6.07) is 19.8. The molecule has 7 heteroatoms. The number of halogens is 2. The van der Waals surface area contributed by atoms with E-state index in [9.17, 15) is 0 Å². The van der Waals surface area contributed by atoms with Crippen LogP contribution in [0.15, 0.2) is 60.7 Å². The van der Waals surface area contributed by atoms with Crippen molar-refractivity contribution in [2.45, 2.75) is 6.54 Å². The number of hydrogen-bond acceptors (Lipinski definition) is 3. The Labute approximate surface area is 167 Å². The first kappa shape index (κ1) is 18.1. The van der Waals surface area contributed by atoms with Gasteiger partial charge in [-0.3, -0.25) is 4.67 Å². The third-order valence-electron chi connectivity index (χ3n) is 4.27. The standard InChI is InChI=1S/C19H16Cl2NO2PS/c20-11-12-23-25(26)22(16-8-6-15(21)7-9-16)13-18-17-4-2-1-3-14(17)5-10-19(18)24-25/h1-10H,11-13H2. The van der Waals surface area contributed by atoms with Crippen molar-refractivity contribution in [3.05, 3.63) is 71.2 Å². The lowest BCUT2D eigenvalue weighted by molar-refractivity contribution is 0.325. The average Bonchev–Trinajstić information content (AvgIpc) is 2.66. The Morgan fingerprint density at radius 1 is 1.08 bits per heavy atom. The van der Waals surface area contributed by atoms with Gasteiger partial charge in [-0.1, -0.05) is 41.9 Å². The van der Waals surface area contributed by atoms with Crippen LogP contribution in [0.3, 0.4) is 0 Å². The first-order chi connectivity index (χ1) is 12.6. The molecular formula is C19H16Cl2NO2PS. The maximum absolute atomic E-state index is 6.26. The summed E-state index contributed by atoms with van der Waals surface area (Å²) < 4.78 is 14.2. The number of benzene rings is 3. The molecule has 1 aliphatic rings. The Hall–Kier alpha value is -1.29. The summed E-state index contributed by atoms with van der Waals surface area (Å²) in [6.45, 7) is -1.80. The van der Waals surface area contributed by atoms with Gasteiger partial charge >= 0.3 is 6.64 Å². The van der Waals surface area contributed by atoms with E-state index in [0.29, 0.717) is 24.1 Å². The lowest BCUT2D eigenvalue weighted by atomic mass is 10.0. The van der Waals surface area contributed by atoms with E-state index in [0.717, 1.165) is 22.4 Å². The fraction of sp³-hybridized carbons (Fsp3) is 0.158. The predicted molar refractivity (Wildman–Crippen MR) is 113 cm³/mol. The van der Waals surface area contributed by atoms with Crippen molar-refractivity contribution in [2.24, 2.45) is 0 Å². The lowest BCUT2D eigenvalue weighted by Crippen LogP contribution is -2.28.